The number of nitrogens with zero attached hydrogens (tertiary/aromatic N) is 2. The number of nitrogens with one attached hydrogen (secondary N) is 1. The molecule has 4 amide bonds. The van der Waals surface area contributed by atoms with Crippen molar-refractivity contribution < 1.29 is 14.4 Å². The van der Waals surface area contributed by atoms with Gasteiger partial charge in [-0.25, -0.2) is 4.79 Å². The van der Waals surface area contributed by atoms with Gasteiger partial charge >= 0.3 is 6.03 Å². The Morgan fingerprint density at radius 1 is 1.28 bits per heavy atom. The van der Waals surface area contributed by atoms with E-state index >= 15 is 0 Å². The molecular formula is C18H22BrN3O3. The van der Waals surface area contributed by atoms with Crippen LogP contribution in [-0.4, -0.2) is 53.8 Å². The van der Waals surface area contributed by atoms with Gasteiger partial charge in [0.25, 0.3) is 11.8 Å². The second-order valence-electron chi connectivity index (χ2n) is 6.73. The first-order valence-electron chi connectivity index (χ1n) is 8.66. The van der Waals surface area contributed by atoms with E-state index in [2.05, 4.69) is 28.2 Å². The van der Waals surface area contributed by atoms with Crippen LogP contribution < -0.4 is 5.32 Å². The van der Waals surface area contributed by atoms with Gasteiger partial charge in [0, 0.05) is 30.7 Å². The highest BCUT2D eigenvalue weighted by atomic mass is 79.9. The zero-order chi connectivity index (χ0) is 18.0. The highest BCUT2D eigenvalue weighted by Crippen LogP contribution is 2.26. The smallest absolute Gasteiger partial charge is 0.317 e. The van der Waals surface area contributed by atoms with E-state index in [9.17, 15) is 14.4 Å². The van der Waals surface area contributed by atoms with Crippen LogP contribution in [0.5, 0.6) is 0 Å². The second-order valence-corrected chi connectivity index (χ2v) is 7.65. The summed E-state index contributed by atoms with van der Waals surface area (Å²) in [5.41, 5.74) is 0.880. The largest absolute Gasteiger partial charge is 0.338 e. The molecule has 0 saturated carbocycles. The van der Waals surface area contributed by atoms with Gasteiger partial charge in [0.2, 0.25) is 0 Å². The quantitative estimate of drug-likeness (QED) is 0.615. The van der Waals surface area contributed by atoms with Crippen molar-refractivity contribution in [2.75, 3.05) is 26.2 Å². The Morgan fingerprint density at radius 2 is 2.04 bits per heavy atom. The minimum Gasteiger partial charge on any atom is -0.338 e. The molecule has 0 spiro atoms. The first kappa shape index (κ1) is 17.9. The topological polar surface area (TPSA) is 69.7 Å². The number of carbonyl (C=O) groups is 3. The van der Waals surface area contributed by atoms with E-state index < -0.39 is 0 Å². The summed E-state index contributed by atoms with van der Waals surface area (Å²) in [6.07, 6.45) is 2.75. The summed E-state index contributed by atoms with van der Waals surface area (Å²) in [7, 11) is 0. The van der Waals surface area contributed by atoms with Crippen LogP contribution >= 0.6 is 15.9 Å². The molecule has 6 nitrogen and oxygen atoms in total. The molecule has 0 bridgehead atoms. The Hall–Kier alpha value is -1.89. The molecule has 2 aliphatic rings. The lowest BCUT2D eigenvalue weighted by molar-refractivity contribution is 0.0653. The van der Waals surface area contributed by atoms with Crippen molar-refractivity contribution in [2.45, 2.75) is 26.2 Å². The SMILES string of the molecule is CC1CCCN(C(=O)NCCCN2C(=O)c3ccc(Br)cc3C2=O)C1. The summed E-state index contributed by atoms with van der Waals surface area (Å²) >= 11 is 3.32. The molecule has 1 fully saturated rings. The van der Waals surface area contributed by atoms with Gasteiger partial charge in [-0.2, -0.15) is 0 Å². The van der Waals surface area contributed by atoms with Gasteiger partial charge in [0.1, 0.15) is 0 Å². The first-order valence-corrected chi connectivity index (χ1v) is 9.45. The molecule has 7 heteroatoms. The van der Waals surface area contributed by atoms with Crippen LogP contribution in [0.1, 0.15) is 46.9 Å². The van der Waals surface area contributed by atoms with Crippen LogP contribution in [0.3, 0.4) is 0 Å². The summed E-state index contributed by atoms with van der Waals surface area (Å²) < 4.78 is 0.775. The van der Waals surface area contributed by atoms with Crippen LogP contribution in [0, 0.1) is 5.92 Å². The lowest BCUT2D eigenvalue weighted by atomic mass is 10.0. The molecule has 1 saturated heterocycles. The van der Waals surface area contributed by atoms with Gasteiger partial charge in [-0.3, -0.25) is 14.5 Å². The Kier molecular flexibility index (Phi) is 5.42. The van der Waals surface area contributed by atoms with Crippen molar-refractivity contribution in [1.82, 2.24) is 15.1 Å². The Balaban J connectivity index is 1.47. The third-order valence-corrected chi connectivity index (χ3v) is 5.20. The molecule has 1 aromatic rings. The van der Waals surface area contributed by atoms with Crippen molar-refractivity contribution in [3.63, 3.8) is 0 Å². The molecule has 134 valence electrons. The fraction of sp³-hybridized carbons (Fsp3) is 0.500. The number of halogens is 1. The van der Waals surface area contributed by atoms with Gasteiger partial charge in [-0.1, -0.05) is 22.9 Å². The maximum atomic E-state index is 12.4. The number of imide groups is 1. The van der Waals surface area contributed by atoms with Crippen LogP contribution in [0.4, 0.5) is 4.79 Å². The fourth-order valence-corrected chi connectivity index (χ4v) is 3.75. The van der Waals surface area contributed by atoms with Crippen molar-refractivity contribution >= 4 is 33.8 Å². The standard InChI is InChI=1S/C18H22BrN3O3/c1-12-4-2-8-21(11-12)18(25)20-7-3-9-22-16(23)14-6-5-13(19)10-15(14)17(22)24/h5-6,10,12H,2-4,7-9,11H2,1H3,(H,20,25). The van der Waals surface area contributed by atoms with Crippen LogP contribution in [0.2, 0.25) is 0 Å². The maximum Gasteiger partial charge on any atom is 0.317 e. The van der Waals surface area contributed by atoms with E-state index in [-0.39, 0.29) is 17.8 Å². The number of fused-ring (bicyclic) bond motifs is 1. The highest BCUT2D eigenvalue weighted by Gasteiger charge is 2.35. The number of hydrogen-bond donors (Lipinski definition) is 1. The van der Waals surface area contributed by atoms with Gasteiger partial charge in [0.15, 0.2) is 0 Å². The number of carbonyl (C=O) groups excluding carboxylic acids is 3. The number of rotatable bonds is 4. The Bertz CT molecular complexity index is 707. The summed E-state index contributed by atoms with van der Waals surface area (Å²) in [4.78, 5) is 39.9. The number of benzene rings is 1. The summed E-state index contributed by atoms with van der Waals surface area (Å²) in [6.45, 7) is 4.49. The summed E-state index contributed by atoms with van der Waals surface area (Å²) in [6, 6.07) is 5.04. The molecule has 0 aromatic heterocycles. The predicted octanol–water partition coefficient (Wildman–Crippen LogP) is 2.88. The minimum absolute atomic E-state index is 0.0576. The Morgan fingerprint density at radius 3 is 2.80 bits per heavy atom. The van der Waals surface area contributed by atoms with Gasteiger partial charge in [0.05, 0.1) is 11.1 Å². The average Bonchev–Trinajstić information content (AvgIpc) is 2.82. The number of piperidine rings is 1. The molecule has 2 aliphatic heterocycles. The van der Waals surface area contributed by atoms with Crippen molar-refractivity contribution in [1.29, 1.82) is 0 Å². The number of hydrogen-bond acceptors (Lipinski definition) is 3. The van der Waals surface area contributed by atoms with E-state index in [1.807, 2.05) is 4.90 Å². The molecule has 0 radical (unpaired) electrons. The van der Waals surface area contributed by atoms with Gasteiger partial charge in [-0.15, -0.1) is 0 Å². The van der Waals surface area contributed by atoms with E-state index in [1.54, 1.807) is 18.2 Å². The highest BCUT2D eigenvalue weighted by molar-refractivity contribution is 9.10. The molecule has 0 aliphatic carbocycles. The normalized spacial score (nSPS) is 20.0. The summed E-state index contributed by atoms with van der Waals surface area (Å²) in [5, 5.41) is 2.89. The molecule has 2 heterocycles. The number of urea groups is 1. The van der Waals surface area contributed by atoms with Crippen molar-refractivity contribution in [3.05, 3.63) is 33.8 Å². The van der Waals surface area contributed by atoms with Gasteiger partial charge < -0.3 is 10.2 Å². The molecule has 25 heavy (non-hydrogen) atoms. The lowest BCUT2D eigenvalue weighted by Gasteiger charge is -2.31. The summed E-state index contributed by atoms with van der Waals surface area (Å²) in [5.74, 6) is 0.0123. The molecule has 3 rings (SSSR count). The van der Waals surface area contributed by atoms with E-state index in [0.29, 0.717) is 36.6 Å². The van der Waals surface area contributed by atoms with Crippen LogP contribution in [0.25, 0.3) is 0 Å². The first-order chi connectivity index (χ1) is 12.0. The molecule has 1 atom stereocenters. The second kappa shape index (κ2) is 7.56. The molecule has 1 N–H and O–H groups in total. The van der Waals surface area contributed by atoms with E-state index in [1.165, 1.54) is 11.3 Å². The van der Waals surface area contributed by atoms with Crippen LogP contribution in [0.15, 0.2) is 22.7 Å². The molecule has 1 unspecified atom stereocenters. The molecule has 1 aromatic carbocycles. The van der Waals surface area contributed by atoms with Crippen molar-refractivity contribution in [2.24, 2.45) is 5.92 Å². The fourth-order valence-electron chi connectivity index (χ4n) is 3.38. The number of amides is 4. The van der Waals surface area contributed by atoms with Gasteiger partial charge in [-0.05, 0) is 43.4 Å². The van der Waals surface area contributed by atoms with E-state index in [4.69, 9.17) is 0 Å². The zero-order valence-corrected chi connectivity index (χ0v) is 15.8. The zero-order valence-electron chi connectivity index (χ0n) is 14.3. The third kappa shape index (κ3) is 3.86. The number of likely N-dealkylation sites (tertiary alicyclic amines) is 1. The Labute approximate surface area is 155 Å². The lowest BCUT2D eigenvalue weighted by Crippen LogP contribution is -2.45. The van der Waals surface area contributed by atoms with E-state index in [0.717, 1.165) is 24.0 Å². The average molecular weight is 408 g/mol. The van der Waals surface area contributed by atoms with Crippen LogP contribution in [-0.2, 0) is 0 Å². The minimum atomic E-state index is -0.266. The molecular weight excluding hydrogens is 386 g/mol. The maximum absolute atomic E-state index is 12.4. The third-order valence-electron chi connectivity index (χ3n) is 4.71. The predicted molar refractivity (Wildman–Crippen MR) is 97.5 cm³/mol. The monoisotopic (exact) mass is 407 g/mol. The van der Waals surface area contributed by atoms with Crippen molar-refractivity contribution in [3.8, 4) is 0 Å².